The number of hydrogen-bond donors (Lipinski definition) is 0. The van der Waals surface area contributed by atoms with Gasteiger partial charge >= 0.3 is 0 Å². The van der Waals surface area contributed by atoms with E-state index in [2.05, 4.69) is 0 Å². The first-order chi connectivity index (χ1) is 14.4. The Balaban J connectivity index is 2.12. The molecule has 30 heavy (non-hydrogen) atoms. The summed E-state index contributed by atoms with van der Waals surface area (Å²) in [6.45, 7) is 0.0903. The molecule has 0 aliphatic rings. The van der Waals surface area contributed by atoms with Crippen LogP contribution in [-0.2, 0) is 16.6 Å². The van der Waals surface area contributed by atoms with E-state index in [9.17, 15) is 8.42 Å². The fraction of sp³-hybridized carbons (Fsp3) is 0.182. The van der Waals surface area contributed by atoms with Gasteiger partial charge in [-0.1, -0.05) is 35.9 Å². The van der Waals surface area contributed by atoms with Crippen LogP contribution in [0.5, 0.6) is 17.2 Å². The van der Waals surface area contributed by atoms with Crippen LogP contribution in [-0.4, -0.2) is 29.7 Å². The average Bonchev–Trinajstić information content (AvgIpc) is 2.77. The van der Waals surface area contributed by atoms with Crippen molar-refractivity contribution in [2.45, 2.75) is 11.4 Å². The molecule has 0 radical (unpaired) electrons. The van der Waals surface area contributed by atoms with Gasteiger partial charge in [0.2, 0.25) is 0 Å². The van der Waals surface area contributed by atoms with E-state index in [-0.39, 0.29) is 16.5 Å². The number of halogens is 1. The SMILES string of the molecule is COc1ccc(CN(c2ccc(OC)c(OC)c2)S(=O)(=O)c2ccccc2Cl)cc1. The Kier molecular flexibility index (Phi) is 6.74. The summed E-state index contributed by atoms with van der Waals surface area (Å²) in [5, 5.41) is 0.151. The molecule has 3 rings (SSSR count). The molecule has 0 aliphatic heterocycles. The Labute approximate surface area is 181 Å². The molecular formula is C22H22ClNO5S. The number of rotatable bonds is 8. The predicted octanol–water partition coefficient (Wildman–Crippen LogP) is 4.76. The van der Waals surface area contributed by atoms with Gasteiger partial charge in [-0.15, -0.1) is 0 Å². The van der Waals surface area contributed by atoms with Gasteiger partial charge in [0.1, 0.15) is 10.6 Å². The third-order valence-electron chi connectivity index (χ3n) is 4.55. The lowest BCUT2D eigenvalue weighted by Crippen LogP contribution is -2.30. The molecule has 0 spiro atoms. The fourth-order valence-electron chi connectivity index (χ4n) is 2.96. The minimum absolute atomic E-state index is 0.0231. The van der Waals surface area contributed by atoms with Crippen LogP contribution < -0.4 is 18.5 Å². The Morgan fingerprint density at radius 3 is 2.10 bits per heavy atom. The summed E-state index contributed by atoms with van der Waals surface area (Å²) in [5.74, 6) is 1.61. The molecule has 0 amide bonds. The number of hydrogen-bond acceptors (Lipinski definition) is 5. The summed E-state index contributed by atoms with van der Waals surface area (Å²) in [6.07, 6.45) is 0. The van der Waals surface area contributed by atoms with Crippen LogP contribution in [0.1, 0.15) is 5.56 Å². The quantitative estimate of drug-likeness (QED) is 0.498. The summed E-state index contributed by atoms with van der Waals surface area (Å²) in [7, 11) is 0.626. The van der Waals surface area contributed by atoms with Gasteiger partial charge < -0.3 is 14.2 Å². The second-order valence-corrected chi connectivity index (χ2v) is 8.57. The van der Waals surface area contributed by atoms with Crippen LogP contribution in [0.15, 0.2) is 71.6 Å². The Hall–Kier alpha value is -2.90. The molecule has 0 saturated carbocycles. The zero-order valence-electron chi connectivity index (χ0n) is 16.8. The number of nitrogens with zero attached hydrogens (tertiary/aromatic N) is 1. The summed E-state index contributed by atoms with van der Waals surface area (Å²) in [4.78, 5) is 0.0231. The normalized spacial score (nSPS) is 11.1. The van der Waals surface area contributed by atoms with E-state index in [1.54, 1.807) is 55.6 Å². The fourth-order valence-corrected chi connectivity index (χ4v) is 4.91. The zero-order valence-corrected chi connectivity index (χ0v) is 18.4. The number of anilines is 1. The summed E-state index contributed by atoms with van der Waals surface area (Å²) in [6, 6.07) is 18.5. The van der Waals surface area contributed by atoms with Crippen molar-refractivity contribution < 1.29 is 22.6 Å². The smallest absolute Gasteiger partial charge is 0.266 e. The first-order valence-electron chi connectivity index (χ1n) is 9.03. The van der Waals surface area contributed by atoms with Crippen LogP contribution >= 0.6 is 11.6 Å². The van der Waals surface area contributed by atoms with E-state index in [4.69, 9.17) is 25.8 Å². The van der Waals surface area contributed by atoms with Crippen molar-refractivity contribution in [3.8, 4) is 17.2 Å². The van der Waals surface area contributed by atoms with E-state index in [1.807, 2.05) is 12.1 Å². The molecule has 0 saturated heterocycles. The zero-order chi connectivity index (χ0) is 21.7. The van der Waals surface area contributed by atoms with Crippen molar-refractivity contribution in [3.05, 3.63) is 77.3 Å². The Morgan fingerprint density at radius 1 is 0.833 bits per heavy atom. The topological polar surface area (TPSA) is 65.1 Å². The van der Waals surface area contributed by atoms with E-state index in [0.29, 0.717) is 22.9 Å². The number of ether oxygens (including phenoxy) is 3. The third-order valence-corrected chi connectivity index (χ3v) is 6.82. The van der Waals surface area contributed by atoms with Gasteiger partial charge in [0.05, 0.1) is 38.6 Å². The van der Waals surface area contributed by atoms with Crippen molar-refractivity contribution in [2.24, 2.45) is 0 Å². The monoisotopic (exact) mass is 447 g/mol. The van der Waals surface area contributed by atoms with Crippen molar-refractivity contribution in [1.82, 2.24) is 0 Å². The number of methoxy groups -OCH3 is 3. The highest BCUT2D eigenvalue weighted by Gasteiger charge is 2.28. The van der Waals surface area contributed by atoms with Gasteiger partial charge in [-0.05, 0) is 42.0 Å². The molecule has 3 aromatic carbocycles. The maximum Gasteiger partial charge on any atom is 0.266 e. The Bertz CT molecular complexity index is 1120. The standard InChI is InChI=1S/C22H22ClNO5S/c1-27-18-11-8-16(9-12-18)15-24(17-10-13-20(28-2)21(14-17)29-3)30(25,26)22-7-5-4-6-19(22)23/h4-14H,15H2,1-3H3. The van der Waals surface area contributed by atoms with Crippen molar-refractivity contribution in [1.29, 1.82) is 0 Å². The van der Waals surface area contributed by atoms with Gasteiger partial charge in [0, 0.05) is 6.07 Å². The maximum absolute atomic E-state index is 13.6. The average molecular weight is 448 g/mol. The summed E-state index contributed by atoms with van der Waals surface area (Å²) in [5.41, 5.74) is 1.20. The highest BCUT2D eigenvalue weighted by molar-refractivity contribution is 7.93. The van der Waals surface area contributed by atoms with Gasteiger partial charge in [-0.25, -0.2) is 8.42 Å². The minimum atomic E-state index is -3.97. The van der Waals surface area contributed by atoms with Gasteiger partial charge in [0.15, 0.2) is 11.5 Å². The van der Waals surface area contributed by atoms with Crippen molar-refractivity contribution in [2.75, 3.05) is 25.6 Å². The highest BCUT2D eigenvalue weighted by atomic mass is 35.5. The lowest BCUT2D eigenvalue weighted by Gasteiger charge is -2.26. The van der Waals surface area contributed by atoms with Gasteiger partial charge in [-0.2, -0.15) is 0 Å². The van der Waals surface area contributed by atoms with Gasteiger partial charge in [-0.3, -0.25) is 4.31 Å². The number of benzene rings is 3. The van der Waals surface area contributed by atoms with Crippen LogP contribution in [0.3, 0.4) is 0 Å². The summed E-state index contributed by atoms with van der Waals surface area (Å²) >= 11 is 6.22. The minimum Gasteiger partial charge on any atom is -0.497 e. The lowest BCUT2D eigenvalue weighted by molar-refractivity contribution is 0.355. The maximum atomic E-state index is 13.6. The molecule has 0 N–H and O–H groups in total. The van der Waals surface area contributed by atoms with Crippen LogP contribution in [0.4, 0.5) is 5.69 Å². The van der Waals surface area contributed by atoms with Gasteiger partial charge in [0.25, 0.3) is 10.0 Å². The molecule has 0 atom stereocenters. The van der Waals surface area contributed by atoms with Crippen LogP contribution in [0.25, 0.3) is 0 Å². The second-order valence-electron chi connectivity index (χ2n) is 6.33. The molecule has 0 bridgehead atoms. The molecule has 0 fully saturated rings. The molecule has 0 unspecified atom stereocenters. The number of sulfonamides is 1. The summed E-state index contributed by atoms with van der Waals surface area (Å²) < 4.78 is 44.3. The van der Waals surface area contributed by atoms with E-state index in [1.165, 1.54) is 24.6 Å². The van der Waals surface area contributed by atoms with Crippen molar-refractivity contribution >= 4 is 27.3 Å². The lowest BCUT2D eigenvalue weighted by atomic mass is 10.2. The molecule has 8 heteroatoms. The van der Waals surface area contributed by atoms with E-state index >= 15 is 0 Å². The molecule has 158 valence electrons. The van der Waals surface area contributed by atoms with E-state index in [0.717, 1.165) is 5.56 Å². The molecular weight excluding hydrogens is 426 g/mol. The molecule has 0 heterocycles. The van der Waals surface area contributed by atoms with E-state index < -0.39 is 10.0 Å². The first-order valence-corrected chi connectivity index (χ1v) is 10.8. The Morgan fingerprint density at radius 2 is 1.50 bits per heavy atom. The molecule has 0 aromatic heterocycles. The molecule has 0 aliphatic carbocycles. The van der Waals surface area contributed by atoms with Crippen LogP contribution in [0.2, 0.25) is 5.02 Å². The third kappa shape index (κ3) is 4.47. The highest BCUT2D eigenvalue weighted by Crippen LogP contribution is 2.36. The van der Waals surface area contributed by atoms with Crippen molar-refractivity contribution in [3.63, 3.8) is 0 Å². The predicted molar refractivity (Wildman–Crippen MR) is 117 cm³/mol. The second kappa shape index (κ2) is 9.28. The molecule has 3 aromatic rings. The molecule has 6 nitrogen and oxygen atoms in total. The largest absolute Gasteiger partial charge is 0.497 e. The van der Waals surface area contributed by atoms with Crippen LogP contribution in [0, 0.1) is 0 Å². The first kappa shape index (κ1) is 21.8.